The van der Waals surface area contributed by atoms with Crippen molar-refractivity contribution < 1.29 is 43.4 Å². The van der Waals surface area contributed by atoms with E-state index in [9.17, 15) is 15.0 Å². The number of benzene rings is 2. The number of hydrogen-bond acceptors (Lipinski definition) is 9. The van der Waals surface area contributed by atoms with Crippen molar-refractivity contribution in [3.05, 3.63) is 48.0 Å². The molecule has 220 valence electrons. The normalized spacial score (nSPS) is 12.4. The SMILES string of the molecule is CC(C)OCCC(C)(C)OCC(COCCO)(COCCO)COCCOC(=O)c1cccc2ccccc12. The fourth-order valence-electron chi connectivity index (χ4n) is 3.88. The average molecular weight is 551 g/mol. The Morgan fingerprint density at radius 3 is 2.05 bits per heavy atom. The number of esters is 1. The highest BCUT2D eigenvalue weighted by Gasteiger charge is 2.35. The fourth-order valence-corrected chi connectivity index (χ4v) is 3.88. The summed E-state index contributed by atoms with van der Waals surface area (Å²) in [7, 11) is 0. The molecular weight excluding hydrogens is 504 g/mol. The molecular formula is C30H46O9. The molecule has 0 unspecified atom stereocenters. The number of carbonyl (C=O) groups excluding carboxylic acids is 1. The third kappa shape index (κ3) is 12.3. The van der Waals surface area contributed by atoms with Crippen LogP contribution in [-0.2, 0) is 28.4 Å². The van der Waals surface area contributed by atoms with Gasteiger partial charge < -0.3 is 38.6 Å². The Hall–Kier alpha value is -2.11. The van der Waals surface area contributed by atoms with Crippen LogP contribution in [0.1, 0.15) is 44.5 Å². The summed E-state index contributed by atoms with van der Waals surface area (Å²) >= 11 is 0. The molecule has 0 radical (unpaired) electrons. The number of aliphatic hydroxyl groups excluding tert-OH is 2. The topological polar surface area (TPSA) is 113 Å². The Balaban J connectivity index is 1.98. The molecule has 0 fully saturated rings. The summed E-state index contributed by atoms with van der Waals surface area (Å²) in [5.74, 6) is -0.409. The molecule has 0 amide bonds. The van der Waals surface area contributed by atoms with Gasteiger partial charge in [-0.05, 0) is 51.0 Å². The summed E-state index contributed by atoms with van der Waals surface area (Å²) in [6.07, 6.45) is 0.836. The van der Waals surface area contributed by atoms with Crippen LogP contribution in [0.15, 0.2) is 42.5 Å². The van der Waals surface area contributed by atoms with E-state index in [1.807, 2.05) is 64.1 Å². The van der Waals surface area contributed by atoms with Crippen molar-refractivity contribution in [1.82, 2.24) is 0 Å². The monoisotopic (exact) mass is 550 g/mol. The molecule has 0 heterocycles. The minimum Gasteiger partial charge on any atom is -0.460 e. The lowest BCUT2D eigenvalue weighted by Crippen LogP contribution is -2.45. The Bertz CT molecular complexity index is 945. The third-order valence-electron chi connectivity index (χ3n) is 6.09. The third-order valence-corrected chi connectivity index (χ3v) is 6.09. The summed E-state index contributed by atoms with van der Waals surface area (Å²) in [5.41, 5.74) is -0.670. The zero-order valence-corrected chi connectivity index (χ0v) is 23.9. The van der Waals surface area contributed by atoms with E-state index in [0.717, 1.165) is 10.8 Å². The van der Waals surface area contributed by atoms with Gasteiger partial charge in [0.1, 0.15) is 6.61 Å². The number of rotatable bonds is 21. The standard InChI is InChI=1S/C30H46O9/c1-24(2)37-15-12-29(3,4)39-23-30(20-34-16-13-31,21-35-17-14-32)22-36-18-19-38-28(33)27-11-7-9-25-8-5-6-10-26(25)27/h5-11,24,31-32H,12-23H2,1-4H3. The highest BCUT2D eigenvalue weighted by molar-refractivity contribution is 6.04. The summed E-state index contributed by atoms with van der Waals surface area (Å²) in [5, 5.41) is 20.3. The van der Waals surface area contributed by atoms with Gasteiger partial charge in [-0.1, -0.05) is 36.4 Å². The Kier molecular flexibility index (Phi) is 14.9. The quantitative estimate of drug-likeness (QED) is 0.178. The van der Waals surface area contributed by atoms with E-state index in [0.29, 0.717) is 18.6 Å². The predicted octanol–water partition coefficient (Wildman–Crippen LogP) is 3.63. The summed E-state index contributed by atoms with van der Waals surface area (Å²) < 4.78 is 34.8. The molecule has 0 atom stereocenters. The van der Waals surface area contributed by atoms with Crippen molar-refractivity contribution in [1.29, 1.82) is 0 Å². The van der Waals surface area contributed by atoms with Crippen LogP contribution in [0.2, 0.25) is 0 Å². The van der Waals surface area contributed by atoms with Crippen LogP contribution >= 0.6 is 0 Å². The summed E-state index contributed by atoms with van der Waals surface area (Å²) in [6, 6.07) is 13.2. The van der Waals surface area contributed by atoms with Crippen LogP contribution in [0.5, 0.6) is 0 Å². The minimum atomic E-state index is -0.708. The zero-order chi connectivity index (χ0) is 28.6. The minimum absolute atomic E-state index is 0.0754. The van der Waals surface area contributed by atoms with Crippen LogP contribution in [-0.4, -0.2) is 101 Å². The van der Waals surface area contributed by atoms with Crippen molar-refractivity contribution in [2.75, 3.05) is 72.7 Å². The van der Waals surface area contributed by atoms with Gasteiger partial charge in [0.05, 0.1) is 82.1 Å². The molecule has 39 heavy (non-hydrogen) atoms. The van der Waals surface area contributed by atoms with Gasteiger partial charge in [-0.2, -0.15) is 0 Å². The lowest BCUT2D eigenvalue weighted by Gasteiger charge is -2.36. The first kappa shape index (κ1) is 33.1. The lowest BCUT2D eigenvalue weighted by atomic mass is 9.91. The number of ether oxygens (including phenoxy) is 6. The van der Waals surface area contributed by atoms with Crippen molar-refractivity contribution in [3.63, 3.8) is 0 Å². The smallest absolute Gasteiger partial charge is 0.338 e. The number of fused-ring (bicyclic) bond motifs is 1. The van der Waals surface area contributed by atoms with E-state index in [-0.39, 0.29) is 72.2 Å². The number of hydrogen-bond donors (Lipinski definition) is 2. The van der Waals surface area contributed by atoms with Crippen LogP contribution in [0, 0.1) is 5.41 Å². The maximum Gasteiger partial charge on any atom is 0.338 e. The van der Waals surface area contributed by atoms with Gasteiger partial charge in [0, 0.05) is 6.61 Å². The van der Waals surface area contributed by atoms with Crippen molar-refractivity contribution in [2.45, 2.75) is 45.8 Å². The van der Waals surface area contributed by atoms with Gasteiger partial charge in [-0.25, -0.2) is 4.79 Å². The van der Waals surface area contributed by atoms with Gasteiger partial charge in [0.2, 0.25) is 0 Å². The van der Waals surface area contributed by atoms with E-state index >= 15 is 0 Å². The first-order chi connectivity index (χ1) is 18.7. The van der Waals surface area contributed by atoms with E-state index < -0.39 is 17.0 Å². The van der Waals surface area contributed by atoms with Crippen molar-refractivity contribution in [3.8, 4) is 0 Å². The van der Waals surface area contributed by atoms with Crippen LogP contribution in [0.25, 0.3) is 10.8 Å². The maximum atomic E-state index is 12.7. The predicted molar refractivity (Wildman–Crippen MR) is 149 cm³/mol. The van der Waals surface area contributed by atoms with Gasteiger partial charge in [0.15, 0.2) is 0 Å². The second-order valence-electron chi connectivity index (χ2n) is 10.5. The molecule has 0 saturated carbocycles. The van der Waals surface area contributed by atoms with Crippen LogP contribution in [0.3, 0.4) is 0 Å². The van der Waals surface area contributed by atoms with E-state index in [2.05, 4.69) is 0 Å². The Morgan fingerprint density at radius 1 is 0.795 bits per heavy atom. The summed E-state index contributed by atoms with van der Waals surface area (Å²) in [6.45, 7) is 9.79. The zero-order valence-electron chi connectivity index (χ0n) is 23.9. The van der Waals surface area contributed by atoms with Crippen molar-refractivity contribution >= 4 is 16.7 Å². The number of aliphatic hydroxyl groups is 2. The van der Waals surface area contributed by atoms with E-state index in [1.54, 1.807) is 6.07 Å². The fraction of sp³-hybridized carbons (Fsp3) is 0.633. The van der Waals surface area contributed by atoms with E-state index in [1.165, 1.54) is 0 Å². The molecule has 2 aromatic carbocycles. The van der Waals surface area contributed by atoms with Crippen molar-refractivity contribution in [2.24, 2.45) is 5.41 Å². The molecule has 0 aromatic heterocycles. The molecule has 0 bridgehead atoms. The maximum absolute atomic E-state index is 12.7. The number of carbonyl (C=O) groups is 1. The molecule has 0 saturated heterocycles. The first-order valence-electron chi connectivity index (χ1n) is 13.6. The molecule has 9 heteroatoms. The molecule has 0 aliphatic rings. The van der Waals surface area contributed by atoms with Gasteiger partial charge >= 0.3 is 5.97 Å². The Labute approximate surface area is 232 Å². The summed E-state index contributed by atoms with van der Waals surface area (Å²) in [4.78, 5) is 12.7. The van der Waals surface area contributed by atoms with E-state index in [4.69, 9.17) is 28.4 Å². The highest BCUT2D eigenvalue weighted by Crippen LogP contribution is 2.26. The lowest BCUT2D eigenvalue weighted by molar-refractivity contribution is -0.146. The molecule has 2 aromatic rings. The van der Waals surface area contributed by atoms with Gasteiger partial charge in [0.25, 0.3) is 0 Å². The van der Waals surface area contributed by atoms with Crippen LogP contribution < -0.4 is 0 Å². The highest BCUT2D eigenvalue weighted by atomic mass is 16.6. The molecule has 0 aliphatic carbocycles. The molecule has 2 N–H and O–H groups in total. The van der Waals surface area contributed by atoms with Gasteiger partial charge in [-0.15, -0.1) is 0 Å². The Morgan fingerprint density at radius 2 is 1.41 bits per heavy atom. The van der Waals surface area contributed by atoms with Crippen LogP contribution in [0.4, 0.5) is 0 Å². The average Bonchev–Trinajstić information content (AvgIpc) is 2.91. The second-order valence-corrected chi connectivity index (χ2v) is 10.5. The second kappa shape index (κ2) is 17.6. The molecule has 0 aliphatic heterocycles. The molecule has 9 nitrogen and oxygen atoms in total. The van der Waals surface area contributed by atoms with Gasteiger partial charge in [-0.3, -0.25) is 0 Å². The molecule has 2 rings (SSSR count). The first-order valence-corrected chi connectivity index (χ1v) is 13.6. The largest absolute Gasteiger partial charge is 0.460 e. The molecule has 0 spiro atoms.